The molecule has 0 aliphatic carbocycles. The van der Waals surface area contributed by atoms with Crippen molar-refractivity contribution in [1.82, 2.24) is 4.72 Å². The number of rotatable bonds is 7. The quantitative estimate of drug-likeness (QED) is 0.613. The largest absolute Gasteiger partial charge is 0.455 e. The molecule has 0 saturated heterocycles. The zero-order chi connectivity index (χ0) is 22.5. The predicted molar refractivity (Wildman–Crippen MR) is 102 cm³/mol. The lowest BCUT2D eigenvalue weighted by atomic mass is 10.2. The number of carbonyl (C=O) groups is 2. The van der Waals surface area contributed by atoms with E-state index in [1.807, 2.05) is 4.72 Å². The molecule has 0 spiro atoms. The van der Waals surface area contributed by atoms with Gasteiger partial charge in [-0.2, -0.15) is 17.9 Å². The number of benzene rings is 2. The third kappa shape index (κ3) is 6.71. The molecule has 0 aliphatic heterocycles. The smallest absolute Gasteiger partial charge is 0.416 e. The number of halogens is 4. The summed E-state index contributed by atoms with van der Waals surface area (Å²) in [5.74, 6) is -2.01. The highest BCUT2D eigenvalue weighted by Gasteiger charge is 2.31. The average molecular weight is 465 g/mol. The molecule has 1 amide bonds. The van der Waals surface area contributed by atoms with E-state index in [4.69, 9.17) is 11.6 Å². The van der Waals surface area contributed by atoms with E-state index in [-0.39, 0.29) is 15.6 Å². The third-order valence-corrected chi connectivity index (χ3v) is 5.42. The van der Waals surface area contributed by atoms with Gasteiger partial charge in [-0.15, -0.1) is 0 Å². The highest BCUT2D eigenvalue weighted by molar-refractivity contribution is 7.89. The van der Waals surface area contributed by atoms with Crippen molar-refractivity contribution in [1.29, 1.82) is 0 Å². The zero-order valence-corrected chi connectivity index (χ0v) is 17.0. The van der Waals surface area contributed by atoms with Crippen molar-refractivity contribution < 1.29 is 35.9 Å². The maximum atomic E-state index is 12.7. The highest BCUT2D eigenvalue weighted by atomic mass is 35.5. The molecule has 0 aliphatic rings. The summed E-state index contributed by atoms with van der Waals surface area (Å²) in [4.78, 5) is 23.4. The lowest BCUT2D eigenvalue weighted by Crippen LogP contribution is -2.32. The second-order valence-corrected chi connectivity index (χ2v) is 8.21. The van der Waals surface area contributed by atoms with E-state index in [1.165, 1.54) is 12.1 Å². The molecule has 30 heavy (non-hydrogen) atoms. The van der Waals surface area contributed by atoms with Gasteiger partial charge in [0.2, 0.25) is 10.0 Å². The Balaban J connectivity index is 1.88. The van der Waals surface area contributed by atoms with Gasteiger partial charge in [-0.1, -0.05) is 29.3 Å². The number of hydrogen-bond acceptors (Lipinski definition) is 5. The predicted octanol–water partition coefficient (Wildman–Crippen LogP) is 3.13. The van der Waals surface area contributed by atoms with Gasteiger partial charge in [-0.05, 0) is 37.3 Å². The number of anilines is 1. The van der Waals surface area contributed by atoms with E-state index in [0.717, 1.165) is 17.7 Å². The standard InChI is InChI=1S/C18H16ClF3N2O5S/c1-11-2-5-13(6-3-11)30(27,28)23-9-17(26)29-10-16(25)24-15-8-12(18(20,21)22)4-7-14(15)19/h2-8,23H,9-10H2,1H3,(H,24,25). The van der Waals surface area contributed by atoms with Gasteiger partial charge >= 0.3 is 12.1 Å². The molecule has 0 radical (unpaired) electrons. The van der Waals surface area contributed by atoms with Crippen LogP contribution in [0.2, 0.25) is 5.02 Å². The SMILES string of the molecule is Cc1ccc(S(=O)(=O)NCC(=O)OCC(=O)Nc2cc(C(F)(F)F)ccc2Cl)cc1. The van der Waals surface area contributed by atoms with Crippen LogP contribution in [0.1, 0.15) is 11.1 Å². The molecule has 7 nitrogen and oxygen atoms in total. The van der Waals surface area contributed by atoms with Crippen molar-refractivity contribution in [2.24, 2.45) is 0 Å². The molecule has 0 atom stereocenters. The summed E-state index contributed by atoms with van der Waals surface area (Å²) in [7, 11) is -3.96. The van der Waals surface area contributed by atoms with Crippen LogP contribution in [0, 0.1) is 6.92 Å². The number of aryl methyl sites for hydroxylation is 1. The minimum Gasteiger partial charge on any atom is -0.455 e. The monoisotopic (exact) mass is 464 g/mol. The summed E-state index contributed by atoms with van der Waals surface area (Å²) in [6.45, 7) is 0.185. The third-order valence-electron chi connectivity index (χ3n) is 3.67. The van der Waals surface area contributed by atoms with Crippen LogP contribution in [0.3, 0.4) is 0 Å². The molecule has 2 aromatic carbocycles. The van der Waals surface area contributed by atoms with Crippen LogP contribution in [-0.4, -0.2) is 33.4 Å². The van der Waals surface area contributed by atoms with Crippen LogP contribution < -0.4 is 10.0 Å². The van der Waals surface area contributed by atoms with Gasteiger partial charge < -0.3 is 10.1 Å². The van der Waals surface area contributed by atoms with Gasteiger partial charge in [-0.25, -0.2) is 8.42 Å². The Morgan fingerprint density at radius 3 is 2.33 bits per heavy atom. The van der Waals surface area contributed by atoms with Crippen LogP contribution >= 0.6 is 11.6 Å². The number of hydrogen-bond donors (Lipinski definition) is 2. The van der Waals surface area contributed by atoms with Crippen LogP contribution in [0.25, 0.3) is 0 Å². The fraction of sp³-hybridized carbons (Fsp3) is 0.222. The molecule has 0 heterocycles. The first kappa shape index (κ1) is 23.6. The zero-order valence-electron chi connectivity index (χ0n) is 15.4. The first-order valence-corrected chi connectivity index (χ1v) is 10.1. The Labute approximate surface area is 175 Å². The maximum Gasteiger partial charge on any atom is 0.416 e. The molecule has 12 heteroatoms. The van der Waals surface area contributed by atoms with Crippen molar-refractivity contribution in [3.63, 3.8) is 0 Å². The second kappa shape index (κ2) is 9.45. The Kier molecular flexibility index (Phi) is 7.45. The summed E-state index contributed by atoms with van der Waals surface area (Å²) in [5, 5.41) is 1.95. The molecule has 162 valence electrons. The van der Waals surface area contributed by atoms with Gasteiger partial charge in [0, 0.05) is 0 Å². The van der Waals surface area contributed by atoms with Crippen molar-refractivity contribution in [3.05, 3.63) is 58.6 Å². The van der Waals surface area contributed by atoms with E-state index < -0.39 is 46.8 Å². The highest BCUT2D eigenvalue weighted by Crippen LogP contribution is 2.33. The van der Waals surface area contributed by atoms with Crippen LogP contribution in [-0.2, 0) is 30.5 Å². The Hall–Kier alpha value is -2.63. The molecule has 0 fully saturated rings. The maximum absolute atomic E-state index is 12.7. The fourth-order valence-corrected chi connectivity index (χ4v) is 3.27. The van der Waals surface area contributed by atoms with Crippen molar-refractivity contribution in [2.45, 2.75) is 18.0 Å². The fourth-order valence-electron chi connectivity index (χ4n) is 2.14. The van der Waals surface area contributed by atoms with Gasteiger partial charge in [0.15, 0.2) is 6.61 Å². The Bertz CT molecular complexity index is 1040. The van der Waals surface area contributed by atoms with E-state index in [1.54, 1.807) is 19.1 Å². The van der Waals surface area contributed by atoms with Crippen molar-refractivity contribution in [3.8, 4) is 0 Å². The van der Waals surface area contributed by atoms with Crippen LogP contribution in [0.5, 0.6) is 0 Å². The topological polar surface area (TPSA) is 102 Å². The van der Waals surface area contributed by atoms with Crippen molar-refractivity contribution >= 4 is 39.2 Å². The van der Waals surface area contributed by atoms with E-state index in [9.17, 15) is 31.2 Å². The van der Waals surface area contributed by atoms with Crippen LogP contribution in [0.15, 0.2) is 47.4 Å². The lowest BCUT2D eigenvalue weighted by Gasteiger charge is -2.12. The molecular weight excluding hydrogens is 449 g/mol. The molecule has 0 aromatic heterocycles. The molecule has 2 N–H and O–H groups in total. The van der Waals surface area contributed by atoms with Gasteiger partial charge in [0.05, 0.1) is 21.2 Å². The average Bonchev–Trinajstić information content (AvgIpc) is 2.66. The molecule has 0 bridgehead atoms. The number of amides is 1. The summed E-state index contributed by atoms with van der Waals surface area (Å²) in [6, 6.07) is 8.22. The number of nitrogens with one attached hydrogen (secondary N) is 2. The summed E-state index contributed by atoms with van der Waals surface area (Å²) >= 11 is 5.75. The minimum atomic E-state index is -4.63. The molecular formula is C18H16ClF3N2O5S. The van der Waals surface area contributed by atoms with Gasteiger partial charge in [0.1, 0.15) is 6.54 Å². The van der Waals surface area contributed by atoms with E-state index >= 15 is 0 Å². The van der Waals surface area contributed by atoms with Gasteiger partial charge in [-0.3, -0.25) is 9.59 Å². The Morgan fingerprint density at radius 1 is 1.10 bits per heavy atom. The molecule has 0 unspecified atom stereocenters. The minimum absolute atomic E-state index is 0.0576. The van der Waals surface area contributed by atoms with Gasteiger partial charge in [0.25, 0.3) is 5.91 Å². The summed E-state index contributed by atoms with van der Waals surface area (Å²) in [5.41, 5.74) is -0.488. The number of sulfonamides is 1. The van der Waals surface area contributed by atoms with E-state index in [2.05, 4.69) is 10.1 Å². The number of alkyl halides is 3. The first-order chi connectivity index (χ1) is 13.9. The Morgan fingerprint density at radius 2 is 1.73 bits per heavy atom. The second-order valence-electron chi connectivity index (χ2n) is 6.04. The molecule has 2 aromatic rings. The first-order valence-electron chi connectivity index (χ1n) is 8.27. The summed E-state index contributed by atoms with van der Waals surface area (Å²) < 4.78 is 69.0. The number of carbonyl (C=O) groups excluding carboxylic acids is 2. The molecule has 2 rings (SSSR count). The number of ether oxygens (including phenoxy) is 1. The molecule has 0 saturated carbocycles. The lowest BCUT2D eigenvalue weighted by molar-refractivity contribution is -0.146. The number of esters is 1. The summed E-state index contributed by atoms with van der Waals surface area (Å²) in [6.07, 6.45) is -4.63. The van der Waals surface area contributed by atoms with Crippen LogP contribution in [0.4, 0.5) is 18.9 Å². The van der Waals surface area contributed by atoms with E-state index in [0.29, 0.717) is 6.07 Å². The normalized spacial score (nSPS) is 11.8. The van der Waals surface area contributed by atoms with Crippen molar-refractivity contribution in [2.75, 3.05) is 18.5 Å².